The quantitative estimate of drug-likeness (QED) is 0.596. The number of aryl methyl sites for hydroxylation is 1. The Kier molecular flexibility index (Phi) is 2.33. The SMILES string of the molecule is Brc1csc2c1CCCCC2. The summed E-state index contributed by atoms with van der Waals surface area (Å²) in [6.07, 6.45) is 6.78. The van der Waals surface area contributed by atoms with E-state index in [4.69, 9.17) is 0 Å². The average molecular weight is 231 g/mol. The van der Waals surface area contributed by atoms with Crippen LogP contribution in [0.25, 0.3) is 0 Å². The molecule has 11 heavy (non-hydrogen) atoms. The van der Waals surface area contributed by atoms with Crippen LogP contribution in [0.3, 0.4) is 0 Å². The Hall–Kier alpha value is 0.180. The van der Waals surface area contributed by atoms with Crippen molar-refractivity contribution in [3.63, 3.8) is 0 Å². The molecule has 1 aromatic rings. The molecule has 0 saturated heterocycles. The Labute approximate surface area is 79.8 Å². The molecule has 0 nitrogen and oxygen atoms in total. The van der Waals surface area contributed by atoms with Crippen molar-refractivity contribution in [2.45, 2.75) is 32.1 Å². The van der Waals surface area contributed by atoms with Crippen LogP contribution in [-0.4, -0.2) is 0 Å². The molecule has 0 bridgehead atoms. The maximum atomic E-state index is 3.60. The molecule has 1 aliphatic rings. The lowest BCUT2D eigenvalue weighted by atomic mass is 10.1. The first kappa shape index (κ1) is 7.81. The highest BCUT2D eigenvalue weighted by Gasteiger charge is 2.11. The zero-order valence-corrected chi connectivity index (χ0v) is 8.80. The van der Waals surface area contributed by atoms with E-state index in [0.717, 1.165) is 0 Å². The van der Waals surface area contributed by atoms with Crippen molar-refractivity contribution in [3.8, 4) is 0 Å². The lowest BCUT2D eigenvalue weighted by molar-refractivity contribution is 0.712. The van der Waals surface area contributed by atoms with Gasteiger partial charge in [0.15, 0.2) is 0 Å². The van der Waals surface area contributed by atoms with E-state index in [0.29, 0.717) is 0 Å². The summed E-state index contributed by atoms with van der Waals surface area (Å²) < 4.78 is 1.35. The zero-order valence-electron chi connectivity index (χ0n) is 6.40. The summed E-state index contributed by atoms with van der Waals surface area (Å²) in [4.78, 5) is 1.62. The van der Waals surface area contributed by atoms with Gasteiger partial charge in [-0.2, -0.15) is 0 Å². The van der Waals surface area contributed by atoms with Crippen molar-refractivity contribution in [1.29, 1.82) is 0 Å². The van der Waals surface area contributed by atoms with Gasteiger partial charge in [-0.1, -0.05) is 6.42 Å². The monoisotopic (exact) mass is 230 g/mol. The minimum Gasteiger partial charge on any atom is -0.147 e. The second-order valence-corrected chi connectivity index (χ2v) is 4.86. The van der Waals surface area contributed by atoms with Crippen LogP contribution >= 0.6 is 27.3 Å². The van der Waals surface area contributed by atoms with Crippen LogP contribution in [0, 0.1) is 0 Å². The molecule has 0 radical (unpaired) electrons. The van der Waals surface area contributed by atoms with Gasteiger partial charge in [-0.25, -0.2) is 0 Å². The molecule has 1 heterocycles. The first-order valence-electron chi connectivity index (χ1n) is 4.12. The van der Waals surface area contributed by atoms with Gasteiger partial charge in [-0.3, -0.25) is 0 Å². The predicted molar refractivity (Wildman–Crippen MR) is 53.3 cm³/mol. The van der Waals surface area contributed by atoms with E-state index >= 15 is 0 Å². The third kappa shape index (κ3) is 1.52. The lowest BCUT2D eigenvalue weighted by Gasteiger charge is -1.96. The van der Waals surface area contributed by atoms with Gasteiger partial charge in [0.2, 0.25) is 0 Å². The van der Waals surface area contributed by atoms with Crippen LogP contribution in [-0.2, 0) is 12.8 Å². The second-order valence-electron chi connectivity index (χ2n) is 3.05. The number of fused-ring (bicyclic) bond motifs is 1. The fourth-order valence-corrected chi connectivity index (χ4v) is 3.48. The van der Waals surface area contributed by atoms with Crippen LogP contribution in [0.2, 0.25) is 0 Å². The van der Waals surface area contributed by atoms with Gasteiger partial charge in [-0.15, -0.1) is 11.3 Å². The van der Waals surface area contributed by atoms with E-state index in [2.05, 4.69) is 21.3 Å². The summed E-state index contributed by atoms with van der Waals surface area (Å²) >= 11 is 5.52. The minimum absolute atomic E-state index is 1.29. The van der Waals surface area contributed by atoms with E-state index < -0.39 is 0 Å². The van der Waals surface area contributed by atoms with Crippen LogP contribution in [0.1, 0.15) is 29.7 Å². The Morgan fingerprint density at radius 1 is 1.18 bits per heavy atom. The summed E-state index contributed by atoms with van der Waals surface area (Å²) in [5.74, 6) is 0. The number of hydrogen-bond donors (Lipinski definition) is 0. The normalized spacial score (nSPS) is 17.5. The van der Waals surface area contributed by atoms with Crippen molar-refractivity contribution in [1.82, 2.24) is 0 Å². The first-order valence-corrected chi connectivity index (χ1v) is 5.80. The molecule has 0 amide bonds. The van der Waals surface area contributed by atoms with Gasteiger partial charge in [-0.05, 0) is 47.2 Å². The predicted octanol–water partition coefficient (Wildman–Crippen LogP) is 3.78. The van der Waals surface area contributed by atoms with Gasteiger partial charge in [0.05, 0.1) is 0 Å². The fourth-order valence-electron chi connectivity index (χ4n) is 1.63. The molecular weight excluding hydrogens is 220 g/mol. The third-order valence-corrected chi connectivity index (χ3v) is 4.36. The first-order chi connectivity index (χ1) is 5.38. The largest absolute Gasteiger partial charge is 0.147 e. The fraction of sp³-hybridized carbons (Fsp3) is 0.556. The van der Waals surface area contributed by atoms with Crippen molar-refractivity contribution in [2.75, 3.05) is 0 Å². The van der Waals surface area contributed by atoms with Crippen LogP contribution in [0.4, 0.5) is 0 Å². The molecule has 0 saturated carbocycles. The van der Waals surface area contributed by atoms with E-state index in [1.807, 2.05) is 11.3 Å². The third-order valence-electron chi connectivity index (χ3n) is 2.26. The van der Waals surface area contributed by atoms with Crippen LogP contribution in [0.5, 0.6) is 0 Å². The topological polar surface area (TPSA) is 0 Å². The van der Waals surface area contributed by atoms with E-state index in [1.165, 1.54) is 36.6 Å². The van der Waals surface area contributed by atoms with Gasteiger partial charge in [0.25, 0.3) is 0 Å². The van der Waals surface area contributed by atoms with Crippen molar-refractivity contribution in [2.24, 2.45) is 0 Å². The molecule has 0 aromatic carbocycles. The highest BCUT2D eigenvalue weighted by Crippen LogP contribution is 2.32. The molecule has 0 N–H and O–H groups in total. The molecule has 1 aromatic heterocycles. The Balaban J connectivity index is 2.35. The van der Waals surface area contributed by atoms with Gasteiger partial charge >= 0.3 is 0 Å². The smallest absolute Gasteiger partial charge is 0.0317 e. The molecule has 0 spiro atoms. The highest BCUT2D eigenvalue weighted by molar-refractivity contribution is 9.10. The molecule has 60 valence electrons. The number of thiophene rings is 1. The van der Waals surface area contributed by atoms with Crippen molar-refractivity contribution < 1.29 is 0 Å². The number of hydrogen-bond acceptors (Lipinski definition) is 1. The van der Waals surface area contributed by atoms with Gasteiger partial charge in [0, 0.05) is 14.7 Å². The lowest BCUT2D eigenvalue weighted by Crippen LogP contribution is -1.82. The van der Waals surface area contributed by atoms with Crippen LogP contribution < -0.4 is 0 Å². The maximum Gasteiger partial charge on any atom is 0.0317 e. The van der Waals surface area contributed by atoms with E-state index in [9.17, 15) is 0 Å². The van der Waals surface area contributed by atoms with Crippen LogP contribution in [0.15, 0.2) is 9.85 Å². The Bertz CT molecular complexity index is 252. The summed E-state index contributed by atoms with van der Waals surface area (Å²) in [7, 11) is 0. The zero-order chi connectivity index (χ0) is 7.68. The average Bonchev–Trinajstić information content (AvgIpc) is 2.25. The second kappa shape index (κ2) is 3.28. The van der Waals surface area contributed by atoms with E-state index in [1.54, 1.807) is 10.4 Å². The molecule has 1 aliphatic carbocycles. The molecule has 2 heteroatoms. The molecule has 0 aliphatic heterocycles. The summed E-state index contributed by atoms with van der Waals surface area (Å²) in [6, 6.07) is 0. The maximum absolute atomic E-state index is 3.60. The number of rotatable bonds is 0. The van der Waals surface area contributed by atoms with E-state index in [-0.39, 0.29) is 0 Å². The molecule has 0 unspecified atom stereocenters. The molecule has 2 rings (SSSR count). The minimum atomic E-state index is 1.29. The summed E-state index contributed by atoms with van der Waals surface area (Å²) in [5.41, 5.74) is 1.59. The summed E-state index contributed by atoms with van der Waals surface area (Å²) in [5, 5.41) is 2.23. The Morgan fingerprint density at radius 2 is 2.00 bits per heavy atom. The number of halogens is 1. The molecule has 0 atom stereocenters. The summed E-state index contributed by atoms with van der Waals surface area (Å²) in [6.45, 7) is 0. The van der Waals surface area contributed by atoms with Gasteiger partial charge in [0.1, 0.15) is 0 Å². The van der Waals surface area contributed by atoms with Crippen molar-refractivity contribution >= 4 is 27.3 Å². The molecular formula is C9H11BrS. The van der Waals surface area contributed by atoms with Gasteiger partial charge < -0.3 is 0 Å². The molecule has 0 fully saturated rings. The standard InChI is InChI=1S/C9H11BrS/c10-8-6-11-9-5-3-1-2-4-7(8)9/h6H,1-5H2. The Morgan fingerprint density at radius 3 is 2.91 bits per heavy atom. The van der Waals surface area contributed by atoms with Crippen molar-refractivity contribution in [3.05, 3.63) is 20.3 Å². The highest BCUT2D eigenvalue weighted by atomic mass is 79.9.